The Bertz CT molecular complexity index is 622. The van der Waals surface area contributed by atoms with Crippen molar-refractivity contribution in [3.63, 3.8) is 0 Å². The summed E-state index contributed by atoms with van der Waals surface area (Å²) in [6, 6.07) is 3.40. The lowest BCUT2D eigenvalue weighted by atomic mass is 10.1. The lowest BCUT2D eigenvalue weighted by Gasteiger charge is -2.16. The Kier molecular flexibility index (Phi) is 4.79. The zero-order chi connectivity index (χ0) is 15.5. The first-order chi connectivity index (χ1) is 9.90. The second-order valence-corrected chi connectivity index (χ2v) is 7.00. The summed E-state index contributed by atoms with van der Waals surface area (Å²) in [5, 5.41) is 10.7. The van der Waals surface area contributed by atoms with Gasteiger partial charge < -0.3 is 5.73 Å². The quantitative estimate of drug-likeness (QED) is 0.382. The van der Waals surface area contributed by atoms with Crippen molar-refractivity contribution >= 4 is 21.4 Å². The molecule has 1 saturated carbocycles. The van der Waals surface area contributed by atoms with Gasteiger partial charge in [0.05, 0.1) is 9.82 Å². The number of rotatable bonds is 4. The highest BCUT2D eigenvalue weighted by Gasteiger charge is 2.23. The monoisotopic (exact) mass is 313 g/mol. The molecule has 0 radical (unpaired) electrons. The molecule has 0 bridgehead atoms. The number of anilines is 1. The summed E-state index contributed by atoms with van der Waals surface area (Å²) in [5.41, 5.74) is 5.11. The van der Waals surface area contributed by atoms with Gasteiger partial charge in [0.2, 0.25) is 10.0 Å². The van der Waals surface area contributed by atoms with E-state index in [1.807, 2.05) is 0 Å². The first kappa shape index (κ1) is 15.7. The van der Waals surface area contributed by atoms with Gasteiger partial charge in [-0.15, -0.1) is 0 Å². The topological polar surface area (TPSA) is 115 Å². The van der Waals surface area contributed by atoms with Gasteiger partial charge in [0.1, 0.15) is 5.69 Å². The van der Waals surface area contributed by atoms with E-state index in [1.165, 1.54) is 6.07 Å². The van der Waals surface area contributed by atoms with Crippen molar-refractivity contribution in [3.8, 4) is 0 Å². The molecule has 7 nitrogen and oxygen atoms in total. The normalized spacial score (nSPS) is 17.3. The summed E-state index contributed by atoms with van der Waals surface area (Å²) < 4.78 is 27.3. The molecule has 0 spiro atoms. The number of nitrogens with two attached hydrogens (primary N) is 1. The Morgan fingerprint density at radius 1 is 1.19 bits per heavy atom. The minimum atomic E-state index is -3.69. The van der Waals surface area contributed by atoms with Gasteiger partial charge in [-0.3, -0.25) is 10.1 Å². The summed E-state index contributed by atoms with van der Waals surface area (Å²) in [4.78, 5) is 10.0. The number of nitrogens with one attached hydrogen (secondary N) is 1. The molecule has 21 heavy (non-hydrogen) atoms. The van der Waals surface area contributed by atoms with Gasteiger partial charge in [-0.1, -0.05) is 25.7 Å². The SMILES string of the molecule is Nc1cc(S(=O)(=O)NC2CCCCCC2)ccc1[N+](=O)[O-]. The Morgan fingerprint density at radius 3 is 2.33 bits per heavy atom. The van der Waals surface area contributed by atoms with Gasteiger partial charge in [-0.05, 0) is 25.0 Å². The number of nitrogens with zero attached hydrogens (tertiary/aromatic N) is 1. The van der Waals surface area contributed by atoms with Crippen molar-refractivity contribution in [2.24, 2.45) is 0 Å². The Balaban J connectivity index is 2.19. The van der Waals surface area contributed by atoms with E-state index in [2.05, 4.69) is 4.72 Å². The zero-order valence-electron chi connectivity index (χ0n) is 11.6. The van der Waals surface area contributed by atoms with Gasteiger partial charge in [-0.25, -0.2) is 13.1 Å². The van der Waals surface area contributed by atoms with Gasteiger partial charge in [0, 0.05) is 12.1 Å². The van der Waals surface area contributed by atoms with Crippen LogP contribution in [0.3, 0.4) is 0 Å². The molecule has 1 fully saturated rings. The Hall–Kier alpha value is -1.67. The summed E-state index contributed by atoms with van der Waals surface area (Å²) in [7, 11) is -3.69. The molecule has 3 N–H and O–H groups in total. The zero-order valence-corrected chi connectivity index (χ0v) is 12.4. The van der Waals surface area contributed by atoms with Gasteiger partial charge in [0.25, 0.3) is 5.69 Å². The van der Waals surface area contributed by atoms with Gasteiger partial charge >= 0.3 is 0 Å². The largest absolute Gasteiger partial charge is 0.393 e. The summed E-state index contributed by atoms with van der Waals surface area (Å²) in [6.07, 6.45) is 5.92. The minimum absolute atomic E-state index is 0.0325. The Labute approximate surface area is 123 Å². The van der Waals surface area contributed by atoms with E-state index in [0.29, 0.717) is 0 Å². The van der Waals surface area contributed by atoms with Crippen LogP contribution in [0.15, 0.2) is 23.1 Å². The van der Waals surface area contributed by atoms with Crippen LogP contribution >= 0.6 is 0 Å². The molecule has 1 aromatic carbocycles. The molecule has 0 saturated heterocycles. The predicted molar refractivity (Wildman–Crippen MR) is 79.3 cm³/mol. The minimum Gasteiger partial charge on any atom is -0.393 e. The summed E-state index contributed by atoms with van der Waals surface area (Å²) >= 11 is 0. The maximum Gasteiger partial charge on any atom is 0.292 e. The van der Waals surface area contributed by atoms with E-state index in [4.69, 9.17) is 5.73 Å². The molecule has 0 unspecified atom stereocenters. The van der Waals surface area contributed by atoms with E-state index in [-0.39, 0.29) is 22.3 Å². The fourth-order valence-corrected chi connectivity index (χ4v) is 3.89. The number of nitro groups is 1. The lowest BCUT2D eigenvalue weighted by Crippen LogP contribution is -2.34. The van der Waals surface area contributed by atoms with Crippen LogP contribution < -0.4 is 10.5 Å². The molecule has 0 aromatic heterocycles. The van der Waals surface area contributed by atoms with Crippen molar-refractivity contribution in [1.82, 2.24) is 4.72 Å². The standard InChI is InChI=1S/C13H19N3O4S/c14-12-9-11(7-8-13(12)16(17)18)21(19,20)15-10-5-3-1-2-4-6-10/h7-10,15H,1-6,14H2. The molecule has 116 valence electrons. The van der Waals surface area contributed by atoms with E-state index >= 15 is 0 Å². The smallest absolute Gasteiger partial charge is 0.292 e. The van der Waals surface area contributed by atoms with E-state index in [9.17, 15) is 18.5 Å². The number of hydrogen-bond acceptors (Lipinski definition) is 5. The molecular formula is C13H19N3O4S. The number of benzene rings is 1. The maximum absolute atomic E-state index is 12.3. The summed E-state index contributed by atoms with van der Waals surface area (Å²) in [6.45, 7) is 0. The number of nitrogen functional groups attached to an aromatic ring is 1. The van der Waals surface area contributed by atoms with Crippen molar-refractivity contribution in [1.29, 1.82) is 0 Å². The van der Waals surface area contributed by atoms with E-state index in [0.717, 1.165) is 50.7 Å². The highest BCUT2D eigenvalue weighted by Crippen LogP contribution is 2.25. The fourth-order valence-electron chi connectivity index (χ4n) is 2.55. The number of hydrogen-bond donors (Lipinski definition) is 2. The van der Waals surface area contributed by atoms with Crippen LogP contribution in [-0.4, -0.2) is 19.4 Å². The third kappa shape index (κ3) is 3.92. The highest BCUT2D eigenvalue weighted by molar-refractivity contribution is 7.89. The second-order valence-electron chi connectivity index (χ2n) is 5.29. The molecule has 1 aromatic rings. The van der Waals surface area contributed by atoms with Crippen molar-refractivity contribution in [2.75, 3.05) is 5.73 Å². The molecule has 8 heteroatoms. The number of sulfonamides is 1. The van der Waals surface area contributed by atoms with Crippen LogP contribution in [0.2, 0.25) is 0 Å². The van der Waals surface area contributed by atoms with Crippen molar-refractivity contribution in [3.05, 3.63) is 28.3 Å². The van der Waals surface area contributed by atoms with Crippen molar-refractivity contribution < 1.29 is 13.3 Å². The third-order valence-electron chi connectivity index (χ3n) is 3.68. The third-order valence-corrected chi connectivity index (χ3v) is 5.20. The fraction of sp³-hybridized carbons (Fsp3) is 0.538. The van der Waals surface area contributed by atoms with Crippen LogP contribution in [0.5, 0.6) is 0 Å². The highest BCUT2D eigenvalue weighted by atomic mass is 32.2. The first-order valence-corrected chi connectivity index (χ1v) is 8.45. The van der Waals surface area contributed by atoms with E-state index in [1.54, 1.807) is 0 Å². The van der Waals surface area contributed by atoms with Crippen molar-refractivity contribution in [2.45, 2.75) is 49.5 Å². The Morgan fingerprint density at radius 2 is 1.81 bits per heavy atom. The van der Waals surface area contributed by atoms with Crippen LogP contribution in [0.25, 0.3) is 0 Å². The molecular weight excluding hydrogens is 294 g/mol. The second kappa shape index (κ2) is 6.40. The summed E-state index contributed by atoms with van der Waals surface area (Å²) in [5.74, 6) is 0. The van der Waals surface area contributed by atoms with E-state index < -0.39 is 14.9 Å². The van der Waals surface area contributed by atoms with Gasteiger partial charge in [-0.2, -0.15) is 0 Å². The molecule has 0 atom stereocenters. The van der Waals surface area contributed by atoms with Crippen LogP contribution in [-0.2, 0) is 10.0 Å². The molecule has 0 heterocycles. The molecule has 1 aliphatic rings. The van der Waals surface area contributed by atoms with Crippen LogP contribution in [0, 0.1) is 10.1 Å². The molecule has 2 rings (SSSR count). The van der Waals surface area contributed by atoms with Crippen LogP contribution in [0.1, 0.15) is 38.5 Å². The van der Waals surface area contributed by atoms with Gasteiger partial charge in [0.15, 0.2) is 0 Å². The predicted octanol–water partition coefficient (Wildman–Crippen LogP) is 2.18. The molecule has 0 aliphatic heterocycles. The number of nitro benzene ring substituents is 1. The first-order valence-electron chi connectivity index (χ1n) is 6.96. The molecule has 0 amide bonds. The van der Waals surface area contributed by atoms with Crippen LogP contribution in [0.4, 0.5) is 11.4 Å². The average Bonchev–Trinajstić information content (AvgIpc) is 2.66. The molecule has 1 aliphatic carbocycles. The lowest BCUT2D eigenvalue weighted by molar-refractivity contribution is -0.383. The maximum atomic E-state index is 12.3. The average molecular weight is 313 g/mol.